The molecule has 1 atom stereocenters. The minimum Gasteiger partial charge on any atom is -0.459 e. The molecule has 0 aromatic heterocycles. The molecule has 5 nitrogen and oxygen atoms in total. The van der Waals surface area contributed by atoms with Gasteiger partial charge < -0.3 is 14.2 Å². The number of carbonyl (C=O) groups excluding carboxylic acids is 1. The number of hydrogen-bond acceptors (Lipinski definition) is 5. The minimum absolute atomic E-state index is 0.176. The maximum absolute atomic E-state index is 12.4. The predicted molar refractivity (Wildman–Crippen MR) is 108 cm³/mol. The van der Waals surface area contributed by atoms with Crippen LogP contribution in [-0.2, 0) is 32.0 Å². The predicted octanol–water partition coefficient (Wildman–Crippen LogP) is 3.08. The highest BCUT2D eigenvalue weighted by Crippen LogP contribution is 2.09. The molecule has 2 aromatic carbocycles. The van der Waals surface area contributed by atoms with Crippen LogP contribution in [0.15, 0.2) is 60.7 Å². The molecule has 0 radical (unpaired) electrons. The summed E-state index contributed by atoms with van der Waals surface area (Å²) in [6, 6.07) is 20.0. The number of rotatable bonds is 10. The maximum atomic E-state index is 12.4. The van der Waals surface area contributed by atoms with E-state index < -0.39 is 0 Å². The van der Waals surface area contributed by atoms with Crippen LogP contribution in [0.25, 0.3) is 0 Å². The molecule has 3 rings (SSSR count). The van der Waals surface area contributed by atoms with Crippen molar-refractivity contribution in [1.29, 1.82) is 0 Å². The third-order valence-corrected chi connectivity index (χ3v) is 4.74. The Kier molecular flexibility index (Phi) is 8.50. The lowest BCUT2D eigenvalue weighted by Crippen LogP contribution is -2.43. The van der Waals surface area contributed by atoms with Crippen molar-refractivity contribution in [2.75, 3.05) is 39.5 Å². The number of nitrogens with zero attached hydrogens (tertiary/aromatic N) is 1. The van der Waals surface area contributed by atoms with Gasteiger partial charge in [0.05, 0.1) is 26.4 Å². The monoisotopic (exact) mass is 383 g/mol. The van der Waals surface area contributed by atoms with Crippen LogP contribution in [0.1, 0.15) is 17.5 Å². The van der Waals surface area contributed by atoms with Gasteiger partial charge in [0, 0.05) is 26.1 Å². The minimum atomic E-state index is -0.273. The Hall–Kier alpha value is -2.21. The molecular formula is C23H29NO4. The second kappa shape index (κ2) is 11.6. The molecular weight excluding hydrogens is 354 g/mol. The van der Waals surface area contributed by atoms with Crippen LogP contribution >= 0.6 is 0 Å². The van der Waals surface area contributed by atoms with Crippen LogP contribution < -0.4 is 0 Å². The van der Waals surface area contributed by atoms with E-state index in [-0.39, 0.29) is 12.1 Å². The number of benzene rings is 2. The topological polar surface area (TPSA) is 48.0 Å². The van der Waals surface area contributed by atoms with Gasteiger partial charge in [-0.2, -0.15) is 0 Å². The molecule has 1 aliphatic heterocycles. The smallest absolute Gasteiger partial charge is 0.306 e. The third-order valence-electron chi connectivity index (χ3n) is 4.74. The quantitative estimate of drug-likeness (QED) is 0.590. The van der Waals surface area contributed by atoms with Crippen molar-refractivity contribution in [1.82, 2.24) is 4.90 Å². The molecule has 0 N–H and O–H groups in total. The van der Waals surface area contributed by atoms with Gasteiger partial charge in [-0.3, -0.25) is 9.69 Å². The zero-order valence-electron chi connectivity index (χ0n) is 16.3. The number of ether oxygens (including phenoxy) is 3. The van der Waals surface area contributed by atoms with E-state index in [9.17, 15) is 4.79 Å². The summed E-state index contributed by atoms with van der Waals surface area (Å²) in [4.78, 5) is 14.6. The summed E-state index contributed by atoms with van der Waals surface area (Å²) in [5.41, 5.74) is 2.26. The van der Waals surface area contributed by atoms with Crippen molar-refractivity contribution in [2.45, 2.75) is 25.6 Å². The largest absolute Gasteiger partial charge is 0.459 e. The first kappa shape index (κ1) is 20.5. The first-order chi connectivity index (χ1) is 13.8. The van der Waals surface area contributed by atoms with Crippen molar-refractivity contribution in [3.63, 3.8) is 0 Å². The average molecular weight is 383 g/mol. The van der Waals surface area contributed by atoms with Crippen molar-refractivity contribution in [2.24, 2.45) is 0 Å². The van der Waals surface area contributed by atoms with Crippen LogP contribution in [0, 0.1) is 0 Å². The van der Waals surface area contributed by atoms with E-state index in [4.69, 9.17) is 14.2 Å². The molecule has 0 aliphatic carbocycles. The molecule has 1 heterocycles. The van der Waals surface area contributed by atoms with E-state index >= 15 is 0 Å². The Labute approximate surface area is 167 Å². The summed E-state index contributed by atoms with van der Waals surface area (Å²) in [5.74, 6) is -0.176. The lowest BCUT2D eigenvalue weighted by atomic mass is 10.1. The summed E-state index contributed by atoms with van der Waals surface area (Å²) >= 11 is 0. The van der Waals surface area contributed by atoms with Crippen LogP contribution in [0.2, 0.25) is 0 Å². The Balaban J connectivity index is 1.48. The standard InChI is InChI=1S/C23H29NO4/c25-23(12-11-20-7-3-1-4-8-20)28-22(17-24-13-15-26-16-14-24)19-27-18-21-9-5-2-6-10-21/h1-10,22H,11-19H2. The molecule has 0 bridgehead atoms. The third kappa shape index (κ3) is 7.43. The van der Waals surface area contributed by atoms with Crippen molar-refractivity contribution >= 4 is 5.97 Å². The first-order valence-electron chi connectivity index (χ1n) is 9.95. The highest BCUT2D eigenvalue weighted by atomic mass is 16.6. The van der Waals surface area contributed by atoms with Gasteiger partial charge in [-0.15, -0.1) is 0 Å². The van der Waals surface area contributed by atoms with E-state index in [1.807, 2.05) is 60.7 Å². The fourth-order valence-electron chi connectivity index (χ4n) is 3.21. The van der Waals surface area contributed by atoms with Crippen LogP contribution in [0.3, 0.4) is 0 Å². The molecule has 0 saturated carbocycles. The number of esters is 1. The van der Waals surface area contributed by atoms with E-state index in [1.165, 1.54) is 0 Å². The second-order valence-electron chi connectivity index (χ2n) is 7.01. The normalized spacial score (nSPS) is 15.9. The van der Waals surface area contributed by atoms with Crippen LogP contribution in [0.5, 0.6) is 0 Å². The molecule has 0 amide bonds. The summed E-state index contributed by atoms with van der Waals surface area (Å²) < 4.78 is 17.0. The van der Waals surface area contributed by atoms with Gasteiger partial charge in [0.25, 0.3) is 0 Å². The number of hydrogen-bond donors (Lipinski definition) is 0. The highest BCUT2D eigenvalue weighted by Gasteiger charge is 2.20. The van der Waals surface area contributed by atoms with Crippen LogP contribution in [0.4, 0.5) is 0 Å². The van der Waals surface area contributed by atoms with Gasteiger partial charge in [0.15, 0.2) is 0 Å². The lowest BCUT2D eigenvalue weighted by Gasteiger charge is -2.30. The number of aryl methyl sites for hydroxylation is 1. The Morgan fingerprint density at radius 2 is 1.61 bits per heavy atom. The Morgan fingerprint density at radius 1 is 0.964 bits per heavy atom. The van der Waals surface area contributed by atoms with Gasteiger partial charge in [0.2, 0.25) is 0 Å². The Morgan fingerprint density at radius 3 is 2.29 bits per heavy atom. The molecule has 2 aromatic rings. The molecule has 0 spiro atoms. The summed E-state index contributed by atoms with van der Waals surface area (Å²) in [6.45, 7) is 4.74. The maximum Gasteiger partial charge on any atom is 0.306 e. The number of carbonyl (C=O) groups is 1. The lowest BCUT2D eigenvalue weighted by molar-refractivity contribution is -0.154. The van der Waals surface area contributed by atoms with Gasteiger partial charge in [0.1, 0.15) is 6.10 Å². The average Bonchev–Trinajstić information content (AvgIpc) is 2.74. The van der Waals surface area contributed by atoms with E-state index in [2.05, 4.69) is 4.90 Å². The summed E-state index contributed by atoms with van der Waals surface area (Å²) in [5, 5.41) is 0. The molecule has 1 saturated heterocycles. The SMILES string of the molecule is O=C(CCc1ccccc1)OC(COCc1ccccc1)CN1CCOCC1. The fourth-order valence-corrected chi connectivity index (χ4v) is 3.21. The first-order valence-corrected chi connectivity index (χ1v) is 9.95. The van der Waals surface area contributed by atoms with Gasteiger partial charge >= 0.3 is 5.97 Å². The highest BCUT2D eigenvalue weighted by molar-refractivity contribution is 5.70. The summed E-state index contributed by atoms with van der Waals surface area (Å²) in [6.07, 6.45) is 0.794. The fraction of sp³-hybridized carbons (Fsp3) is 0.435. The van der Waals surface area contributed by atoms with E-state index in [1.54, 1.807) is 0 Å². The van der Waals surface area contributed by atoms with Gasteiger partial charge in [-0.25, -0.2) is 0 Å². The van der Waals surface area contributed by atoms with Crippen molar-refractivity contribution < 1.29 is 19.0 Å². The zero-order valence-corrected chi connectivity index (χ0v) is 16.3. The van der Waals surface area contributed by atoms with Crippen LogP contribution in [-0.4, -0.2) is 56.4 Å². The summed E-state index contributed by atoms with van der Waals surface area (Å²) in [7, 11) is 0. The van der Waals surface area contributed by atoms with Crippen molar-refractivity contribution in [3.8, 4) is 0 Å². The number of morpholine rings is 1. The van der Waals surface area contributed by atoms with Gasteiger partial charge in [-0.05, 0) is 17.5 Å². The molecule has 1 unspecified atom stereocenters. The molecule has 1 fully saturated rings. The van der Waals surface area contributed by atoms with E-state index in [0.29, 0.717) is 32.6 Å². The second-order valence-corrected chi connectivity index (χ2v) is 7.01. The van der Waals surface area contributed by atoms with Gasteiger partial charge in [-0.1, -0.05) is 60.7 Å². The zero-order chi connectivity index (χ0) is 19.4. The van der Waals surface area contributed by atoms with Crippen molar-refractivity contribution in [3.05, 3.63) is 71.8 Å². The molecule has 28 heavy (non-hydrogen) atoms. The van der Waals surface area contributed by atoms with E-state index in [0.717, 1.165) is 37.4 Å². The Bertz CT molecular complexity index is 686. The molecule has 1 aliphatic rings. The molecule has 5 heteroatoms. The molecule has 150 valence electrons.